The van der Waals surface area contributed by atoms with Crippen LogP contribution < -0.4 is 5.32 Å². The number of aryl methyl sites for hydroxylation is 1. The third-order valence-electron chi connectivity index (χ3n) is 6.68. The van der Waals surface area contributed by atoms with Crippen molar-refractivity contribution in [3.05, 3.63) is 59.1 Å². The summed E-state index contributed by atoms with van der Waals surface area (Å²) in [4.78, 5) is 13.5. The van der Waals surface area contributed by atoms with E-state index in [1.807, 2.05) is 19.3 Å². The molecule has 30 heavy (non-hydrogen) atoms. The molecule has 0 saturated heterocycles. The zero-order valence-corrected chi connectivity index (χ0v) is 17.8. The minimum absolute atomic E-state index is 0.0679. The van der Waals surface area contributed by atoms with Crippen molar-refractivity contribution in [3.63, 3.8) is 0 Å². The van der Waals surface area contributed by atoms with Crippen molar-refractivity contribution >= 4 is 5.78 Å². The van der Waals surface area contributed by atoms with E-state index in [9.17, 15) is 4.79 Å². The molecule has 1 N–H and O–H groups in total. The molecule has 3 aliphatic rings. The van der Waals surface area contributed by atoms with Crippen LogP contribution in [-0.2, 0) is 17.3 Å². The number of carbonyl (C=O) groups excluding carboxylic acids is 1. The van der Waals surface area contributed by atoms with E-state index in [2.05, 4.69) is 64.8 Å². The molecule has 1 unspecified atom stereocenters. The lowest BCUT2D eigenvalue weighted by Gasteiger charge is -2.47. The Hall–Kier alpha value is -3.09. The Balaban J connectivity index is 1.75. The molecule has 5 rings (SSSR count). The molecule has 0 fully saturated rings. The van der Waals surface area contributed by atoms with Crippen LogP contribution in [0.3, 0.4) is 0 Å². The summed E-state index contributed by atoms with van der Waals surface area (Å²) in [5.41, 5.74) is 5.42. The summed E-state index contributed by atoms with van der Waals surface area (Å²) in [5, 5.41) is 20.3. The largest absolute Gasteiger partial charge is 0.362 e. The van der Waals surface area contributed by atoms with Gasteiger partial charge in [-0.25, -0.2) is 4.68 Å². The van der Waals surface area contributed by atoms with E-state index in [4.69, 9.17) is 0 Å². The van der Waals surface area contributed by atoms with Crippen molar-refractivity contribution < 1.29 is 4.79 Å². The summed E-state index contributed by atoms with van der Waals surface area (Å²) >= 11 is 0. The lowest BCUT2D eigenvalue weighted by molar-refractivity contribution is -0.119. The lowest BCUT2D eigenvalue weighted by atomic mass is 9.58. The first-order valence-corrected chi connectivity index (χ1v) is 10.5. The van der Waals surface area contributed by atoms with E-state index in [0.29, 0.717) is 6.42 Å². The number of ketones is 1. The van der Waals surface area contributed by atoms with Gasteiger partial charge in [0.25, 0.3) is 0 Å². The molecule has 0 spiro atoms. The molecule has 1 aliphatic carbocycles. The molecular formula is C23H26N6O. The van der Waals surface area contributed by atoms with E-state index in [-0.39, 0.29) is 17.4 Å². The first kappa shape index (κ1) is 18.9. The molecule has 0 amide bonds. The van der Waals surface area contributed by atoms with Gasteiger partial charge in [0.05, 0.1) is 23.5 Å². The fraction of sp³-hybridized carbons (Fsp3) is 0.435. The SMILES string of the molecule is CC[C@]1(c2cccc(-c3cnnn3C)c2)C2=CN=NC2NC2=C1C(=O)CC(C)(C)C2. The highest BCUT2D eigenvalue weighted by atomic mass is 16.1. The van der Waals surface area contributed by atoms with Gasteiger partial charge in [0.1, 0.15) is 0 Å². The average Bonchev–Trinajstić information content (AvgIpc) is 3.34. The topological polar surface area (TPSA) is 84.5 Å². The van der Waals surface area contributed by atoms with E-state index in [1.165, 1.54) is 0 Å². The minimum Gasteiger partial charge on any atom is -0.362 e. The second-order valence-corrected chi connectivity index (χ2v) is 9.24. The highest BCUT2D eigenvalue weighted by molar-refractivity contribution is 6.01. The molecule has 0 bridgehead atoms. The van der Waals surface area contributed by atoms with Gasteiger partial charge in [0, 0.05) is 35.9 Å². The third kappa shape index (κ3) is 2.61. The normalized spacial score (nSPS) is 26.9. The summed E-state index contributed by atoms with van der Waals surface area (Å²) in [7, 11) is 1.88. The summed E-state index contributed by atoms with van der Waals surface area (Å²) < 4.78 is 1.77. The summed E-state index contributed by atoms with van der Waals surface area (Å²) in [6, 6.07) is 8.40. The van der Waals surface area contributed by atoms with Crippen molar-refractivity contribution in [3.8, 4) is 11.3 Å². The van der Waals surface area contributed by atoms with Gasteiger partial charge in [-0.15, -0.1) is 5.10 Å². The number of nitrogens with one attached hydrogen (secondary N) is 1. The minimum atomic E-state index is -0.537. The smallest absolute Gasteiger partial charge is 0.164 e. The van der Waals surface area contributed by atoms with Gasteiger partial charge in [0.15, 0.2) is 11.9 Å². The Morgan fingerprint density at radius 1 is 1.27 bits per heavy atom. The molecule has 0 saturated carbocycles. The monoisotopic (exact) mass is 402 g/mol. The number of rotatable bonds is 3. The molecule has 2 atom stereocenters. The predicted octanol–water partition coefficient (Wildman–Crippen LogP) is 4.05. The molecule has 0 radical (unpaired) electrons. The molecule has 2 aromatic rings. The van der Waals surface area contributed by atoms with Crippen LogP contribution in [0.4, 0.5) is 0 Å². The number of hydrogen-bond acceptors (Lipinski definition) is 6. The van der Waals surface area contributed by atoms with Crippen LogP contribution in [0.5, 0.6) is 0 Å². The fourth-order valence-corrected chi connectivity index (χ4v) is 5.39. The van der Waals surface area contributed by atoms with Crippen molar-refractivity contribution in [1.82, 2.24) is 20.3 Å². The molecule has 7 heteroatoms. The second kappa shape index (κ2) is 6.45. The fourth-order valence-electron chi connectivity index (χ4n) is 5.39. The van der Waals surface area contributed by atoms with Crippen LogP contribution in [-0.4, -0.2) is 26.9 Å². The van der Waals surface area contributed by atoms with Crippen LogP contribution in [0.2, 0.25) is 0 Å². The van der Waals surface area contributed by atoms with Crippen LogP contribution in [0.25, 0.3) is 11.3 Å². The van der Waals surface area contributed by atoms with Gasteiger partial charge in [-0.05, 0) is 29.9 Å². The molecule has 1 aromatic carbocycles. The van der Waals surface area contributed by atoms with Crippen molar-refractivity contribution in [2.75, 3.05) is 0 Å². The maximum Gasteiger partial charge on any atom is 0.164 e. The van der Waals surface area contributed by atoms with Crippen LogP contribution in [0, 0.1) is 5.41 Å². The van der Waals surface area contributed by atoms with Gasteiger partial charge >= 0.3 is 0 Å². The second-order valence-electron chi connectivity index (χ2n) is 9.24. The Labute approximate surface area is 176 Å². The molecule has 2 aliphatic heterocycles. The summed E-state index contributed by atoms with van der Waals surface area (Å²) in [6.45, 7) is 6.46. The Bertz CT molecular complexity index is 1140. The Morgan fingerprint density at radius 3 is 2.83 bits per heavy atom. The van der Waals surface area contributed by atoms with Crippen molar-refractivity contribution in [1.29, 1.82) is 0 Å². The van der Waals surface area contributed by atoms with Crippen LogP contribution in [0.15, 0.2) is 63.7 Å². The number of carbonyl (C=O) groups is 1. The van der Waals surface area contributed by atoms with Crippen LogP contribution >= 0.6 is 0 Å². The highest BCUT2D eigenvalue weighted by Crippen LogP contribution is 2.53. The quantitative estimate of drug-likeness (QED) is 0.839. The average molecular weight is 403 g/mol. The number of azo groups is 1. The summed E-state index contributed by atoms with van der Waals surface area (Å²) in [6.07, 6.45) is 5.54. The number of nitrogens with zero attached hydrogens (tertiary/aromatic N) is 5. The number of benzene rings is 1. The maximum absolute atomic E-state index is 13.5. The zero-order chi connectivity index (χ0) is 21.1. The highest BCUT2D eigenvalue weighted by Gasteiger charge is 2.52. The summed E-state index contributed by atoms with van der Waals surface area (Å²) in [5.74, 6) is 0.217. The first-order chi connectivity index (χ1) is 14.4. The first-order valence-electron chi connectivity index (χ1n) is 10.5. The standard InChI is InChI=1S/C23H26N6O/c1-5-23(15-8-6-7-14(9-15)18-13-25-28-29(18)4)16-12-24-27-21(16)26-17-10-22(2,3)11-19(30)20(17)23/h6-9,12-13,21,26H,5,10-11H2,1-4H3/t21?,23-/m0/s1. The molecule has 7 nitrogen and oxygen atoms in total. The lowest BCUT2D eigenvalue weighted by Crippen LogP contribution is -2.51. The number of aromatic nitrogens is 3. The molecular weight excluding hydrogens is 376 g/mol. The molecule has 3 heterocycles. The van der Waals surface area contributed by atoms with Gasteiger partial charge < -0.3 is 5.32 Å². The van der Waals surface area contributed by atoms with Crippen molar-refractivity contribution in [2.45, 2.75) is 51.6 Å². The zero-order valence-electron chi connectivity index (χ0n) is 17.8. The van der Waals surface area contributed by atoms with Gasteiger partial charge in [-0.3, -0.25) is 4.79 Å². The Kier molecular flexibility index (Phi) is 4.07. The maximum atomic E-state index is 13.5. The van der Waals surface area contributed by atoms with E-state index in [0.717, 1.165) is 46.5 Å². The number of Topliss-reactive ketones (excluding diaryl/α,β-unsaturated/α-hetero) is 1. The number of allylic oxidation sites excluding steroid dienone is 2. The van der Waals surface area contributed by atoms with E-state index < -0.39 is 5.41 Å². The third-order valence-corrected chi connectivity index (χ3v) is 6.68. The Morgan fingerprint density at radius 2 is 2.10 bits per heavy atom. The number of hydrogen-bond donors (Lipinski definition) is 1. The van der Waals surface area contributed by atoms with Gasteiger partial charge in [0.2, 0.25) is 0 Å². The number of fused-ring (bicyclic) bond motifs is 1. The molecule has 1 aromatic heterocycles. The van der Waals surface area contributed by atoms with Crippen molar-refractivity contribution in [2.24, 2.45) is 22.7 Å². The van der Waals surface area contributed by atoms with Gasteiger partial charge in [-0.2, -0.15) is 10.2 Å². The van der Waals surface area contributed by atoms with E-state index in [1.54, 1.807) is 10.9 Å². The van der Waals surface area contributed by atoms with Crippen LogP contribution in [0.1, 0.15) is 45.6 Å². The predicted molar refractivity (Wildman–Crippen MR) is 113 cm³/mol. The van der Waals surface area contributed by atoms with Gasteiger partial charge in [-0.1, -0.05) is 44.2 Å². The molecule has 154 valence electrons. The van der Waals surface area contributed by atoms with E-state index >= 15 is 0 Å².